The zero-order chi connectivity index (χ0) is 29.2. The van der Waals surface area contributed by atoms with E-state index in [0.29, 0.717) is 37.0 Å². The van der Waals surface area contributed by atoms with Gasteiger partial charge in [0.25, 0.3) is 11.5 Å². The maximum absolute atomic E-state index is 13.3. The number of hydrogen-bond donors (Lipinski definition) is 2. The maximum Gasteiger partial charge on any atom is 0.430 e. The van der Waals surface area contributed by atoms with Crippen LogP contribution in [0.4, 0.5) is 35.5 Å². The van der Waals surface area contributed by atoms with Gasteiger partial charge in [0, 0.05) is 12.1 Å². The second kappa shape index (κ2) is 11.0. The second-order valence-corrected chi connectivity index (χ2v) is 9.35. The Bertz CT molecular complexity index is 1180. The van der Waals surface area contributed by atoms with Crippen molar-refractivity contribution in [1.82, 2.24) is 10.2 Å². The Labute approximate surface area is 219 Å². The Hall–Kier alpha value is -3.35. The fraction of sp³-hybridized carbons (Fsp3) is 0.462. The van der Waals surface area contributed by atoms with Crippen molar-refractivity contribution in [2.75, 3.05) is 13.2 Å². The van der Waals surface area contributed by atoms with Crippen LogP contribution < -0.4 is 10.1 Å². The highest BCUT2D eigenvalue weighted by Gasteiger charge is 2.71. The van der Waals surface area contributed by atoms with Crippen molar-refractivity contribution >= 4 is 11.9 Å². The van der Waals surface area contributed by atoms with Crippen molar-refractivity contribution in [3.05, 3.63) is 65.0 Å². The summed E-state index contributed by atoms with van der Waals surface area (Å²) in [5, 5.41) is 12.3. The van der Waals surface area contributed by atoms with Crippen LogP contribution in [0.15, 0.2) is 42.5 Å². The highest BCUT2D eigenvalue weighted by atomic mass is 19.4. The normalized spacial score (nSPS) is 18.5. The molecule has 0 aliphatic carbocycles. The highest BCUT2D eigenvalue weighted by molar-refractivity contribution is 6.07. The number of nitrogens with one attached hydrogen (secondary N) is 1. The molecule has 2 aromatic rings. The van der Waals surface area contributed by atoms with Crippen molar-refractivity contribution in [3.63, 3.8) is 0 Å². The fourth-order valence-electron chi connectivity index (χ4n) is 4.33. The molecule has 39 heavy (non-hydrogen) atoms. The van der Waals surface area contributed by atoms with Crippen molar-refractivity contribution in [2.24, 2.45) is 0 Å². The van der Waals surface area contributed by atoms with E-state index < -0.39 is 46.8 Å². The van der Waals surface area contributed by atoms with E-state index in [-0.39, 0.29) is 30.9 Å². The highest BCUT2D eigenvalue weighted by Crippen LogP contribution is 2.50. The van der Waals surface area contributed by atoms with Gasteiger partial charge >= 0.3 is 18.4 Å². The first-order valence-electron chi connectivity index (χ1n) is 12.1. The van der Waals surface area contributed by atoms with Crippen LogP contribution in [0.1, 0.15) is 49.8 Å². The number of alkyl halides is 6. The molecule has 1 aliphatic rings. The van der Waals surface area contributed by atoms with Crippen LogP contribution in [0.2, 0.25) is 0 Å². The number of carbonyl (C=O) groups is 2. The average molecular weight is 564 g/mol. The van der Waals surface area contributed by atoms with E-state index >= 15 is 0 Å². The van der Waals surface area contributed by atoms with E-state index in [1.54, 1.807) is 6.92 Å². The summed E-state index contributed by atoms with van der Waals surface area (Å²) < 4.78 is 98.4. The molecule has 0 saturated carbocycles. The van der Waals surface area contributed by atoms with Gasteiger partial charge in [-0.3, -0.25) is 9.69 Å². The molecule has 1 saturated heterocycles. The van der Waals surface area contributed by atoms with Crippen LogP contribution in [0.3, 0.4) is 0 Å². The zero-order valence-corrected chi connectivity index (χ0v) is 21.0. The van der Waals surface area contributed by atoms with Crippen LogP contribution in [0, 0.1) is 5.82 Å². The summed E-state index contributed by atoms with van der Waals surface area (Å²) in [6.07, 6.45) is -10.9. The number of unbranched alkanes of at least 4 members (excludes halogenated alkanes) is 1. The summed E-state index contributed by atoms with van der Waals surface area (Å²) >= 11 is 0. The SMILES string of the molecule is CCCc1cc(C(O)(C(F)(F)F)C(F)(F)F)ccc1OCCCCN1C(=O)NC(C)(c2ccc(F)cc2)C1=O. The molecule has 2 aromatic carbocycles. The van der Waals surface area contributed by atoms with Crippen molar-refractivity contribution < 1.29 is 50.2 Å². The molecular formula is C26H27F7N2O4. The number of nitrogens with zero attached hydrogens (tertiary/aromatic N) is 1. The van der Waals surface area contributed by atoms with E-state index in [2.05, 4.69) is 5.32 Å². The maximum atomic E-state index is 13.3. The molecule has 2 N–H and O–H groups in total. The number of halogens is 7. The van der Waals surface area contributed by atoms with Crippen LogP contribution in [-0.4, -0.2) is 47.4 Å². The van der Waals surface area contributed by atoms with Crippen molar-refractivity contribution in [3.8, 4) is 5.75 Å². The van der Waals surface area contributed by atoms with Crippen molar-refractivity contribution in [1.29, 1.82) is 0 Å². The molecule has 6 nitrogen and oxygen atoms in total. The summed E-state index contributed by atoms with van der Waals surface area (Å²) in [6, 6.07) is 6.63. The third-order valence-electron chi connectivity index (χ3n) is 6.55. The molecule has 0 radical (unpaired) electrons. The molecule has 13 heteroatoms. The van der Waals surface area contributed by atoms with Crippen LogP contribution in [-0.2, 0) is 22.4 Å². The molecule has 0 spiro atoms. The lowest BCUT2D eigenvalue weighted by Crippen LogP contribution is -2.53. The number of rotatable bonds is 10. The van der Waals surface area contributed by atoms with Crippen LogP contribution >= 0.6 is 0 Å². The molecule has 0 aromatic heterocycles. The Morgan fingerprint density at radius 3 is 2.15 bits per heavy atom. The number of amides is 3. The molecule has 1 atom stereocenters. The minimum atomic E-state index is -6.00. The molecule has 1 fully saturated rings. The average Bonchev–Trinajstić information content (AvgIpc) is 3.06. The van der Waals surface area contributed by atoms with E-state index in [9.17, 15) is 45.4 Å². The largest absolute Gasteiger partial charge is 0.493 e. The van der Waals surface area contributed by atoms with Gasteiger partial charge in [-0.05, 0) is 61.6 Å². The second-order valence-electron chi connectivity index (χ2n) is 9.35. The van der Waals surface area contributed by atoms with Gasteiger partial charge in [0.05, 0.1) is 6.61 Å². The summed E-state index contributed by atoms with van der Waals surface area (Å²) in [5.74, 6) is -0.960. The molecule has 1 unspecified atom stereocenters. The first-order valence-corrected chi connectivity index (χ1v) is 12.1. The lowest BCUT2D eigenvalue weighted by Gasteiger charge is -2.33. The topological polar surface area (TPSA) is 78.9 Å². The standard InChI is InChI=1S/C26H27F7N2O4/c1-3-6-16-15-18(24(38,25(28,29)30)26(31,32)33)9-12-20(16)39-14-5-4-13-35-21(36)23(2,34-22(35)37)17-7-10-19(27)11-8-17/h7-12,15,38H,3-6,13-14H2,1-2H3,(H,34,37). The van der Waals surface area contributed by atoms with Gasteiger partial charge in [-0.2, -0.15) is 26.3 Å². The van der Waals surface area contributed by atoms with Gasteiger partial charge in [0.1, 0.15) is 17.1 Å². The van der Waals surface area contributed by atoms with Crippen LogP contribution in [0.5, 0.6) is 5.75 Å². The lowest BCUT2D eigenvalue weighted by atomic mass is 9.90. The number of carbonyl (C=O) groups excluding carboxylic acids is 2. The van der Waals surface area contributed by atoms with E-state index in [1.807, 2.05) is 0 Å². The van der Waals surface area contributed by atoms with Crippen molar-refractivity contribution in [2.45, 2.75) is 63.0 Å². The summed E-state index contributed by atoms with van der Waals surface area (Å²) in [5.41, 5.74) is -7.30. The fourth-order valence-corrected chi connectivity index (χ4v) is 4.33. The molecule has 3 amide bonds. The third kappa shape index (κ3) is 5.82. The summed E-state index contributed by atoms with van der Waals surface area (Å²) in [6.45, 7) is 3.20. The number of imide groups is 1. The molecule has 3 rings (SSSR count). The first-order chi connectivity index (χ1) is 18.1. The number of urea groups is 1. The summed E-state index contributed by atoms with van der Waals surface area (Å²) in [4.78, 5) is 26.3. The van der Waals surface area contributed by atoms with Crippen LogP contribution in [0.25, 0.3) is 0 Å². The molecule has 214 valence electrons. The minimum Gasteiger partial charge on any atom is -0.493 e. The number of aliphatic hydroxyl groups is 1. The summed E-state index contributed by atoms with van der Waals surface area (Å²) in [7, 11) is 0. The quantitative estimate of drug-likeness (QED) is 0.220. The molecule has 1 aliphatic heterocycles. The van der Waals surface area contributed by atoms with Gasteiger partial charge in [-0.1, -0.05) is 31.5 Å². The Morgan fingerprint density at radius 2 is 1.59 bits per heavy atom. The van der Waals surface area contributed by atoms with Gasteiger partial charge in [0.15, 0.2) is 0 Å². The minimum absolute atomic E-state index is 0.00223. The number of benzene rings is 2. The zero-order valence-electron chi connectivity index (χ0n) is 21.0. The van der Waals surface area contributed by atoms with Gasteiger partial charge in [-0.15, -0.1) is 0 Å². The monoisotopic (exact) mass is 564 g/mol. The van der Waals surface area contributed by atoms with E-state index in [1.165, 1.54) is 31.2 Å². The molecule has 0 bridgehead atoms. The molecule has 1 heterocycles. The van der Waals surface area contributed by atoms with Gasteiger partial charge in [-0.25, -0.2) is 9.18 Å². The van der Waals surface area contributed by atoms with E-state index in [4.69, 9.17) is 4.74 Å². The number of hydrogen-bond acceptors (Lipinski definition) is 4. The Kier molecular flexibility index (Phi) is 8.54. The van der Waals surface area contributed by atoms with E-state index in [0.717, 1.165) is 11.0 Å². The smallest absolute Gasteiger partial charge is 0.430 e. The predicted molar refractivity (Wildman–Crippen MR) is 125 cm³/mol. The first kappa shape index (κ1) is 30.2. The Morgan fingerprint density at radius 1 is 0.974 bits per heavy atom. The van der Waals surface area contributed by atoms with Gasteiger partial charge < -0.3 is 15.2 Å². The van der Waals surface area contributed by atoms with Gasteiger partial charge in [0.2, 0.25) is 0 Å². The predicted octanol–water partition coefficient (Wildman–Crippen LogP) is 5.72. The molecular weight excluding hydrogens is 537 g/mol. The lowest BCUT2D eigenvalue weighted by molar-refractivity contribution is -0.376. The number of aryl methyl sites for hydroxylation is 1. The number of ether oxygens (including phenoxy) is 1. The Balaban J connectivity index is 1.64. The third-order valence-corrected chi connectivity index (χ3v) is 6.55.